The second-order valence-electron chi connectivity index (χ2n) is 2.13. The van der Waals surface area contributed by atoms with Gasteiger partial charge in [0, 0.05) is 10.0 Å². The van der Waals surface area contributed by atoms with Gasteiger partial charge in [0.15, 0.2) is 0 Å². The molecule has 0 fully saturated rings. The molecule has 0 saturated heterocycles. The molecule has 1 aromatic rings. The summed E-state index contributed by atoms with van der Waals surface area (Å²) in [5.41, 5.74) is 1.44. The molecule has 0 saturated carbocycles. The molecule has 12 heavy (non-hydrogen) atoms. The van der Waals surface area contributed by atoms with Gasteiger partial charge in [-0.1, -0.05) is 27.5 Å². The summed E-state index contributed by atoms with van der Waals surface area (Å²) in [7, 11) is 0. The highest BCUT2D eigenvalue weighted by Crippen LogP contribution is 2.15. The van der Waals surface area contributed by atoms with Crippen LogP contribution in [-0.2, 0) is 0 Å². The van der Waals surface area contributed by atoms with Crippen molar-refractivity contribution in [1.82, 2.24) is 0 Å². The quantitative estimate of drug-likeness (QED) is 0.793. The number of halogens is 2. The van der Waals surface area contributed by atoms with E-state index in [0.717, 1.165) is 10.2 Å². The summed E-state index contributed by atoms with van der Waals surface area (Å²) in [5, 5.41) is 0. The second-order valence-corrected chi connectivity index (χ2v) is 3.29. The first-order valence-corrected chi connectivity index (χ1v) is 4.69. The lowest BCUT2D eigenvalue weighted by Crippen LogP contribution is -1.91. The first-order valence-electron chi connectivity index (χ1n) is 3.46. The van der Waals surface area contributed by atoms with Gasteiger partial charge >= 0.3 is 0 Å². The third-order valence-electron chi connectivity index (χ3n) is 1.25. The molecular weight excluding hydrogens is 239 g/mol. The first kappa shape index (κ1) is 9.62. The SMILES string of the molecule is ClC=CCOc1ccc(Br)cc1. The van der Waals surface area contributed by atoms with Crippen LogP contribution in [0.5, 0.6) is 5.75 Å². The maximum atomic E-state index is 5.32. The van der Waals surface area contributed by atoms with Crippen LogP contribution < -0.4 is 4.74 Å². The maximum Gasteiger partial charge on any atom is 0.119 e. The first-order chi connectivity index (χ1) is 5.83. The van der Waals surface area contributed by atoms with Gasteiger partial charge in [-0.05, 0) is 30.3 Å². The molecule has 0 atom stereocenters. The van der Waals surface area contributed by atoms with Crippen molar-refractivity contribution in [3.63, 3.8) is 0 Å². The lowest BCUT2D eigenvalue weighted by atomic mass is 10.3. The third kappa shape index (κ3) is 3.28. The minimum absolute atomic E-state index is 0.505. The van der Waals surface area contributed by atoms with Gasteiger partial charge in [0.25, 0.3) is 0 Å². The summed E-state index contributed by atoms with van der Waals surface area (Å²) in [6.45, 7) is 0.505. The van der Waals surface area contributed by atoms with Gasteiger partial charge < -0.3 is 4.74 Å². The van der Waals surface area contributed by atoms with Crippen LogP contribution in [0.1, 0.15) is 0 Å². The Morgan fingerprint density at radius 3 is 2.58 bits per heavy atom. The largest absolute Gasteiger partial charge is 0.490 e. The lowest BCUT2D eigenvalue weighted by molar-refractivity contribution is 0.363. The van der Waals surface area contributed by atoms with Gasteiger partial charge in [-0.25, -0.2) is 0 Å². The summed E-state index contributed by atoms with van der Waals surface area (Å²) >= 11 is 8.66. The fourth-order valence-corrected chi connectivity index (χ4v) is 1.05. The Kier molecular flexibility index (Phi) is 4.19. The number of rotatable bonds is 3. The highest BCUT2D eigenvalue weighted by molar-refractivity contribution is 9.10. The molecule has 0 aliphatic heterocycles. The second kappa shape index (κ2) is 5.22. The van der Waals surface area contributed by atoms with E-state index in [2.05, 4.69) is 15.9 Å². The Morgan fingerprint density at radius 2 is 2.00 bits per heavy atom. The topological polar surface area (TPSA) is 9.23 Å². The molecule has 0 spiro atoms. The van der Waals surface area contributed by atoms with Crippen molar-refractivity contribution in [3.05, 3.63) is 40.3 Å². The minimum atomic E-state index is 0.505. The van der Waals surface area contributed by atoms with E-state index < -0.39 is 0 Å². The zero-order valence-electron chi connectivity index (χ0n) is 6.34. The molecule has 64 valence electrons. The molecule has 1 aromatic carbocycles. The van der Waals surface area contributed by atoms with E-state index in [4.69, 9.17) is 16.3 Å². The van der Waals surface area contributed by atoms with E-state index in [0.29, 0.717) is 6.61 Å². The Balaban J connectivity index is 2.47. The monoisotopic (exact) mass is 246 g/mol. The predicted octanol–water partition coefficient (Wildman–Crippen LogP) is 3.58. The van der Waals surface area contributed by atoms with Gasteiger partial charge in [0.2, 0.25) is 0 Å². The zero-order valence-corrected chi connectivity index (χ0v) is 8.68. The van der Waals surface area contributed by atoms with Gasteiger partial charge in [-0.3, -0.25) is 0 Å². The third-order valence-corrected chi connectivity index (χ3v) is 1.96. The normalized spacial score (nSPS) is 10.5. The minimum Gasteiger partial charge on any atom is -0.490 e. The number of benzene rings is 1. The van der Waals surface area contributed by atoms with Crippen LogP contribution in [0.3, 0.4) is 0 Å². The van der Waals surface area contributed by atoms with Crippen LogP contribution in [0.4, 0.5) is 0 Å². The van der Waals surface area contributed by atoms with E-state index in [1.165, 1.54) is 5.54 Å². The van der Waals surface area contributed by atoms with Crippen molar-refractivity contribution >= 4 is 27.5 Å². The van der Waals surface area contributed by atoms with Gasteiger partial charge in [-0.2, -0.15) is 0 Å². The average molecular weight is 248 g/mol. The molecule has 1 rings (SSSR count). The number of hydrogen-bond donors (Lipinski definition) is 0. The summed E-state index contributed by atoms with van der Waals surface area (Å²) in [4.78, 5) is 0. The van der Waals surface area contributed by atoms with E-state index >= 15 is 0 Å². The molecule has 0 N–H and O–H groups in total. The van der Waals surface area contributed by atoms with Crippen LogP contribution >= 0.6 is 27.5 Å². The van der Waals surface area contributed by atoms with E-state index in [-0.39, 0.29) is 0 Å². The Hall–Kier alpha value is -0.470. The molecule has 0 aromatic heterocycles. The molecule has 0 amide bonds. The Bertz CT molecular complexity index is 256. The van der Waals surface area contributed by atoms with Crippen LogP contribution in [0.15, 0.2) is 40.3 Å². The van der Waals surface area contributed by atoms with Crippen molar-refractivity contribution in [1.29, 1.82) is 0 Å². The van der Waals surface area contributed by atoms with Crippen LogP contribution in [-0.4, -0.2) is 6.61 Å². The van der Waals surface area contributed by atoms with Gasteiger partial charge in [0.1, 0.15) is 12.4 Å². The smallest absolute Gasteiger partial charge is 0.119 e. The molecule has 0 bridgehead atoms. The number of hydrogen-bond acceptors (Lipinski definition) is 1. The standard InChI is InChI=1S/C9H8BrClO/c10-8-2-4-9(5-3-8)12-7-1-6-11/h1-6H,7H2. The van der Waals surface area contributed by atoms with Crippen LogP contribution in [0.2, 0.25) is 0 Å². The van der Waals surface area contributed by atoms with Crippen molar-refractivity contribution < 1.29 is 4.74 Å². The molecule has 0 radical (unpaired) electrons. The van der Waals surface area contributed by atoms with Crippen molar-refractivity contribution in [2.24, 2.45) is 0 Å². The molecule has 0 unspecified atom stereocenters. The van der Waals surface area contributed by atoms with E-state index in [1.54, 1.807) is 6.08 Å². The van der Waals surface area contributed by atoms with Crippen LogP contribution in [0, 0.1) is 0 Å². The molecule has 3 heteroatoms. The highest BCUT2D eigenvalue weighted by atomic mass is 79.9. The molecule has 1 nitrogen and oxygen atoms in total. The van der Waals surface area contributed by atoms with Crippen molar-refractivity contribution in [2.75, 3.05) is 6.61 Å². The summed E-state index contributed by atoms with van der Waals surface area (Å²) in [6, 6.07) is 7.65. The Morgan fingerprint density at radius 1 is 1.33 bits per heavy atom. The molecule has 0 heterocycles. The highest BCUT2D eigenvalue weighted by Gasteiger charge is 1.90. The zero-order chi connectivity index (χ0) is 8.81. The summed E-state index contributed by atoms with van der Waals surface area (Å²) < 4.78 is 6.35. The average Bonchev–Trinajstić information content (AvgIpc) is 2.09. The molecular formula is C9H8BrClO. The molecule has 0 aliphatic carbocycles. The lowest BCUT2D eigenvalue weighted by Gasteiger charge is -2.01. The summed E-state index contributed by atoms with van der Waals surface area (Å²) in [5.74, 6) is 0.841. The number of ether oxygens (including phenoxy) is 1. The van der Waals surface area contributed by atoms with E-state index in [9.17, 15) is 0 Å². The van der Waals surface area contributed by atoms with Crippen molar-refractivity contribution in [2.45, 2.75) is 0 Å². The van der Waals surface area contributed by atoms with Crippen LogP contribution in [0.25, 0.3) is 0 Å². The predicted molar refractivity (Wildman–Crippen MR) is 54.6 cm³/mol. The fourth-order valence-electron chi connectivity index (χ4n) is 0.712. The fraction of sp³-hybridized carbons (Fsp3) is 0.111. The Labute approximate surface area is 85.1 Å². The van der Waals surface area contributed by atoms with Crippen molar-refractivity contribution in [3.8, 4) is 5.75 Å². The van der Waals surface area contributed by atoms with Gasteiger partial charge in [0.05, 0.1) is 0 Å². The van der Waals surface area contributed by atoms with Gasteiger partial charge in [-0.15, -0.1) is 0 Å². The molecule has 0 aliphatic rings. The summed E-state index contributed by atoms with van der Waals surface area (Å²) in [6.07, 6.45) is 1.74. The van der Waals surface area contributed by atoms with E-state index in [1.807, 2.05) is 24.3 Å². The maximum absolute atomic E-state index is 5.32.